The van der Waals surface area contributed by atoms with E-state index in [1.54, 1.807) is 0 Å². The zero-order valence-electron chi connectivity index (χ0n) is 17.3. The quantitative estimate of drug-likeness (QED) is 0.711. The van der Waals surface area contributed by atoms with Crippen LogP contribution in [-0.2, 0) is 16.0 Å². The van der Waals surface area contributed by atoms with Crippen LogP contribution in [-0.4, -0.2) is 46.4 Å². The number of benzene rings is 1. The Labute approximate surface area is 184 Å². The molecule has 2 aliphatic heterocycles. The molecule has 1 aromatic carbocycles. The van der Waals surface area contributed by atoms with Gasteiger partial charge >= 0.3 is 6.03 Å². The summed E-state index contributed by atoms with van der Waals surface area (Å²) >= 11 is 1.31. The Morgan fingerprint density at radius 3 is 3.10 bits per heavy atom. The highest BCUT2D eigenvalue weighted by Crippen LogP contribution is 2.38. The summed E-state index contributed by atoms with van der Waals surface area (Å²) in [7, 11) is 0. The number of carbonyl (C=O) groups excluding carboxylic acids is 3. The molecular formula is C22H24N4O4S. The highest BCUT2D eigenvalue weighted by molar-refractivity contribution is 7.14. The van der Waals surface area contributed by atoms with Crippen LogP contribution in [0.15, 0.2) is 23.6 Å². The molecule has 2 fully saturated rings. The molecule has 1 aromatic heterocycles. The molecule has 8 nitrogen and oxygen atoms in total. The fourth-order valence-electron chi connectivity index (χ4n) is 4.75. The number of hydrogen-bond donors (Lipinski definition) is 2. The fourth-order valence-corrected chi connectivity index (χ4v) is 5.49. The molecule has 2 aromatic rings. The molecule has 9 heteroatoms. The molecular weight excluding hydrogens is 416 g/mol. The molecule has 2 N–H and O–H groups in total. The molecule has 1 spiro atoms. The van der Waals surface area contributed by atoms with Gasteiger partial charge in [0.15, 0.2) is 5.13 Å². The van der Waals surface area contributed by atoms with Crippen LogP contribution in [0.3, 0.4) is 0 Å². The Hall–Kier alpha value is -2.94. The maximum atomic E-state index is 13.0. The second-order valence-electron chi connectivity index (χ2n) is 8.45. The lowest BCUT2D eigenvalue weighted by molar-refractivity contribution is -0.136. The summed E-state index contributed by atoms with van der Waals surface area (Å²) in [5, 5.41) is 7.90. The number of nitrogens with zero attached hydrogens (tertiary/aromatic N) is 2. The predicted octanol–water partition coefficient (Wildman–Crippen LogP) is 3.18. The van der Waals surface area contributed by atoms with E-state index in [-0.39, 0.29) is 18.4 Å². The van der Waals surface area contributed by atoms with Gasteiger partial charge in [0, 0.05) is 17.4 Å². The third-order valence-electron chi connectivity index (χ3n) is 6.54. The first-order chi connectivity index (χ1) is 15.0. The van der Waals surface area contributed by atoms with Gasteiger partial charge in [0.25, 0.3) is 5.91 Å². The SMILES string of the molecule is C[C@H]1CCCC[C@]12NC(=O)N(CC(=O)Nc1nc(-c3ccc4c(c3)CCO4)cs1)C2=O. The molecule has 3 aliphatic rings. The van der Waals surface area contributed by atoms with Crippen molar-refractivity contribution in [2.24, 2.45) is 5.92 Å². The van der Waals surface area contributed by atoms with Crippen molar-refractivity contribution in [3.05, 3.63) is 29.1 Å². The Bertz CT molecular complexity index is 1070. The number of aromatic nitrogens is 1. The number of nitrogens with one attached hydrogen (secondary N) is 2. The van der Waals surface area contributed by atoms with E-state index in [9.17, 15) is 14.4 Å². The number of carbonyl (C=O) groups is 3. The molecule has 3 heterocycles. The lowest BCUT2D eigenvalue weighted by Crippen LogP contribution is -2.54. The number of fused-ring (bicyclic) bond motifs is 1. The van der Waals surface area contributed by atoms with Gasteiger partial charge in [-0.1, -0.05) is 19.8 Å². The number of anilines is 1. The number of rotatable bonds is 4. The summed E-state index contributed by atoms with van der Waals surface area (Å²) in [6.45, 7) is 2.37. The number of imide groups is 1. The monoisotopic (exact) mass is 440 g/mol. The summed E-state index contributed by atoms with van der Waals surface area (Å²) in [6.07, 6.45) is 4.34. The summed E-state index contributed by atoms with van der Waals surface area (Å²) in [5.41, 5.74) is 2.02. The van der Waals surface area contributed by atoms with Gasteiger partial charge in [-0.3, -0.25) is 14.5 Å². The van der Waals surface area contributed by atoms with Crippen molar-refractivity contribution in [2.45, 2.75) is 44.6 Å². The molecule has 0 unspecified atom stereocenters. The van der Waals surface area contributed by atoms with Crippen molar-refractivity contribution in [1.29, 1.82) is 0 Å². The van der Waals surface area contributed by atoms with Gasteiger partial charge in [-0.25, -0.2) is 9.78 Å². The predicted molar refractivity (Wildman–Crippen MR) is 116 cm³/mol. The first kappa shape index (κ1) is 20.0. The largest absolute Gasteiger partial charge is 0.493 e. The second-order valence-corrected chi connectivity index (χ2v) is 9.30. The standard InChI is InChI=1S/C22H24N4O4S/c1-13-4-2-3-8-22(13)19(28)26(21(29)25-22)11-18(27)24-20-23-16(12-31-20)14-5-6-17-15(10-14)7-9-30-17/h5-6,10,12-13H,2-4,7-9,11H2,1H3,(H,25,29)(H,23,24,27)/t13-,22-/m0/s1. The number of ether oxygens (including phenoxy) is 1. The van der Waals surface area contributed by atoms with E-state index in [1.165, 1.54) is 11.3 Å². The third kappa shape index (κ3) is 3.46. The summed E-state index contributed by atoms with van der Waals surface area (Å²) in [6, 6.07) is 5.45. The van der Waals surface area contributed by atoms with Gasteiger partial charge in [0.1, 0.15) is 17.8 Å². The average Bonchev–Trinajstić information content (AvgIpc) is 3.46. The molecule has 162 valence electrons. The summed E-state index contributed by atoms with van der Waals surface area (Å²) in [5.74, 6) is 0.239. The second kappa shape index (κ2) is 7.64. The normalized spacial score (nSPS) is 24.8. The third-order valence-corrected chi connectivity index (χ3v) is 7.30. The van der Waals surface area contributed by atoms with Gasteiger partial charge in [-0.15, -0.1) is 11.3 Å². The zero-order chi connectivity index (χ0) is 21.6. The average molecular weight is 441 g/mol. The van der Waals surface area contributed by atoms with Crippen molar-refractivity contribution in [2.75, 3.05) is 18.5 Å². The van der Waals surface area contributed by atoms with E-state index in [0.717, 1.165) is 53.2 Å². The van der Waals surface area contributed by atoms with E-state index in [2.05, 4.69) is 21.7 Å². The molecule has 5 rings (SSSR count). The minimum Gasteiger partial charge on any atom is -0.493 e. The smallest absolute Gasteiger partial charge is 0.325 e. The first-order valence-corrected chi connectivity index (χ1v) is 11.5. The molecule has 0 bridgehead atoms. The maximum absolute atomic E-state index is 13.0. The van der Waals surface area contributed by atoms with Crippen LogP contribution in [0, 0.1) is 5.92 Å². The molecule has 1 saturated heterocycles. The van der Waals surface area contributed by atoms with Crippen LogP contribution in [0.1, 0.15) is 38.2 Å². The number of urea groups is 1. The van der Waals surface area contributed by atoms with Crippen LogP contribution in [0.5, 0.6) is 5.75 Å². The van der Waals surface area contributed by atoms with Gasteiger partial charge in [-0.2, -0.15) is 0 Å². The topological polar surface area (TPSA) is 101 Å². The van der Waals surface area contributed by atoms with Crippen molar-refractivity contribution in [3.63, 3.8) is 0 Å². The Morgan fingerprint density at radius 2 is 2.26 bits per heavy atom. The number of amides is 4. The first-order valence-electron chi connectivity index (χ1n) is 10.6. The highest BCUT2D eigenvalue weighted by atomic mass is 32.1. The highest BCUT2D eigenvalue weighted by Gasteiger charge is 2.55. The summed E-state index contributed by atoms with van der Waals surface area (Å²) in [4.78, 5) is 43.6. The molecule has 31 heavy (non-hydrogen) atoms. The van der Waals surface area contributed by atoms with Crippen LogP contribution in [0.4, 0.5) is 9.93 Å². The van der Waals surface area contributed by atoms with Gasteiger partial charge in [0.2, 0.25) is 5.91 Å². The lowest BCUT2D eigenvalue weighted by atomic mass is 9.73. The minimum absolute atomic E-state index is 0.0602. The van der Waals surface area contributed by atoms with Crippen molar-refractivity contribution in [3.8, 4) is 17.0 Å². The number of hydrogen-bond acceptors (Lipinski definition) is 6. The van der Waals surface area contributed by atoms with Gasteiger partial charge in [-0.05, 0) is 42.5 Å². The maximum Gasteiger partial charge on any atom is 0.325 e. The van der Waals surface area contributed by atoms with Crippen molar-refractivity contribution >= 4 is 34.3 Å². The lowest BCUT2D eigenvalue weighted by Gasteiger charge is -2.36. The Balaban J connectivity index is 1.25. The van der Waals surface area contributed by atoms with Crippen LogP contribution in [0.2, 0.25) is 0 Å². The molecule has 2 atom stereocenters. The minimum atomic E-state index is -0.860. The Morgan fingerprint density at radius 1 is 1.39 bits per heavy atom. The van der Waals surface area contributed by atoms with E-state index >= 15 is 0 Å². The van der Waals surface area contributed by atoms with Crippen LogP contribution < -0.4 is 15.4 Å². The van der Waals surface area contributed by atoms with E-state index < -0.39 is 17.5 Å². The zero-order valence-corrected chi connectivity index (χ0v) is 18.1. The number of thiazole rings is 1. The van der Waals surface area contributed by atoms with Crippen LogP contribution >= 0.6 is 11.3 Å². The van der Waals surface area contributed by atoms with Gasteiger partial charge in [0.05, 0.1) is 12.3 Å². The van der Waals surface area contributed by atoms with E-state index in [0.29, 0.717) is 18.2 Å². The van der Waals surface area contributed by atoms with Gasteiger partial charge < -0.3 is 15.4 Å². The van der Waals surface area contributed by atoms with Crippen molar-refractivity contribution in [1.82, 2.24) is 15.2 Å². The molecule has 0 radical (unpaired) electrons. The Kier molecular flexibility index (Phi) is 4.92. The molecule has 1 saturated carbocycles. The molecule has 4 amide bonds. The molecule has 1 aliphatic carbocycles. The summed E-state index contributed by atoms with van der Waals surface area (Å²) < 4.78 is 5.54. The van der Waals surface area contributed by atoms with Crippen LogP contribution in [0.25, 0.3) is 11.3 Å². The van der Waals surface area contributed by atoms with E-state index in [4.69, 9.17) is 4.74 Å². The van der Waals surface area contributed by atoms with Crippen molar-refractivity contribution < 1.29 is 19.1 Å². The van der Waals surface area contributed by atoms with E-state index in [1.807, 2.05) is 24.4 Å². The fraction of sp³-hybridized carbons (Fsp3) is 0.455.